The Kier molecular flexibility index (Phi) is 3.25. The number of rotatable bonds is 1. The average Bonchev–Trinajstić information content (AvgIpc) is 2.75. The van der Waals surface area contributed by atoms with Gasteiger partial charge in [0.15, 0.2) is 0 Å². The molecule has 0 unspecified atom stereocenters. The van der Waals surface area contributed by atoms with Crippen LogP contribution in [0.15, 0.2) is 11.4 Å². The van der Waals surface area contributed by atoms with Gasteiger partial charge >= 0.3 is 0 Å². The summed E-state index contributed by atoms with van der Waals surface area (Å²) in [6.45, 7) is 3.40. The summed E-state index contributed by atoms with van der Waals surface area (Å²) in [6, 6.07) is 4.25. The first kappa shape index (κ1) is 11.2. The van der Waals surface area contributed by atoms with E-state index in [1.54, 1.807) is 0 Å². The highest BCUT2D eigenvalue weighted by Gasteiger charge is 2.24. The second-order valence-corrected chi connectivity index (χ2v) is 5.04. The highest BCUT2D eigenvalue weighted by Crippen LogP contribution is 2.22. The van der Waals surface area contributed by atoms with E-state index >= 15 is 0 Å². The van der Waals surface area contributed by atoms with Crippen molar-refractivity contribution in [1.29, 1.82) is 5.26 Å². The van der Waals surface area contributed by atoms with E-state index in [0.29, 0.717) is 13.1 Å². The predicted octanol–water partition coefficient (Wildman–Crippen LogP) is 2.43. The van der Waals surface area contributed by atoms with Crippen LogP contribution in [0.1, 0.15) is 28.1 Å². The van der Waals surface area contributed by atoms with Crippen LogP contribution in [0.5, 0.6) is 0 Å². The van der Waals surface area contributed by atoms with Crippen molar-refractivity contribution < 1.29 is 4.79 Å². The van der Waals surface area contributed by atoms with Gasteiger partial charge in [0, 0.05) is 19.0 Å². The molecule has 84 valence electrons. The van der Waals surface area contributed by atoms with Gasteiger partial charge in [-0.05, 0) is 36.8 Å². The van der Waals surface area contributed by atoms with Crippen molar-refractivity contribution in [2.75, 3.05) is 13.1 Å². The first-order valence-electron chi connectivity index (χ1n) is 5.45. The lowest BCUT2D eigenvalue weighted by Gasteiger charge is -2.28. The Morgan fingerprint density at radius 1 is 1.56 bits per heavy atom. The highest BCUT2D eigenvalue weighted by atomic mass is 32.1. The van der Waals surface area contributed by atoms with Gasteiger partial charge in [0.2, 0.25) is 0 Å². The summed E-state index contributed by atoms with van der Waals surface area (Å²) >= 11 is 1.50. The van der Waals surface area contributed by atoms with Crippen LogP contribution < -0.4 is 0 Å². The Labute approximate surface area is 99.3 Å². The maximum atomic E-state index is 12.1. The molecule has 1 aliphatic rings. The molecule has 2 heterocycles. The van der Waals surface area contributed by atoms with Crippen LogP contribution in [-0.2, 0) is 0 Å². The van der Waals surface area contributed by atoms with Crippen molar-refractivity contribution >= 4 is 17.2 Å². The molecule has 0 aliphatic carbocycles. The van der Waals surface area contributed by atoms with E-state index in [4.69, 9.17) is 5.26 Å². The van der Waals surface area contributed by atoms with Crippen LogP contribution in [-0.4, -0.2) is 23.9 Å². The van der Waals surface area contributed by atoms with Crippen LogP contribution >= 0.6 is 11.3 Å². The van der Waals surface area contributed by atoms with E-state index in [1.165, 1.54) is 11.3 Å². The first-order chi connectivity index (χ1) is 7.72. The number of hydrogen-bond donors (Lipinski definition) is 0. The third-order valence-corrected chi connectivity index (χ3v) is 4.03. The zero-order chi connectivity index (χ0) is 11.5. The van der Waals surface area contributed by atoms with Crippen LogP contribution in [0, 0.1) is 24.2 Å². The SMILES string of the molecule is Cc1ccsc1C(=O)N1CCC(C#N)CC1. The number of carbonyl (C=O) groups excluding carboxylic acids is 1. The molecule has 1 amide bonds. The minimum Gasteiger partial charge on any atom is -0.338 e. The maximum Gasteiger partial charge on any atom is 0.264 e. The lowest BCUT2D eigenvalue weighted by molar-refractivity contribution is 0.0711. The van der Waals surface area contributed by atoms with E-state index in [0.717, 1.165) is 23.3 Å². The lowest BCUT2D eigenvalue weighted by atomic mass is 9.98. The summed E-state index contributed by atoms with van der Waals surface area (Å²) in [7, 11) is 0. The Bertz CT molecular complexity index is 424. The molecule has 1 aliphatic heterocycles. The van der Waals surface area contributed by atoms with Gasteiger partial charge < -0.3 is 4.90 Å². The van der Waals surface area contributed by atoms with Crippen molar-refractivity contribution in [2.45, 2.75) is 19.8 Å². The number of nitriles is 1. The minimum atomic E-state index is 0.129. The van der Waals surface area contributed by atoms with E-state index in [-0.39, 0.29) is 11.8 Å². The van der Waals surface area contributed by atoms with Gasteiger partial charge in [0.05, 0.1) is 10.9 Å². The Hall–Kier alpha value is -1.34. The molecule has 16 heavy (non-hydrogen) atoms. The Morgan fingerprint density at radius 3 is 2.75 bits per heavy atom. The molecule has 2 rings (SSSR count). The number of likely N-dealkylation sites (tertiary alicyclic amines) is 1. The average molecular weight is 234 g/mol. The maximum absolute atomic E-state index is 12.1. The van der Waals surface area contributed by atoms with Gasteiger partial charge in [0.1, 0.15) is 0 Å². The third kappa shape index (κ3) is 2.10. The molecule has 0 saturated carbocycles. The molecular weight excluding hydrogens is 220 g/mol. The van der Waals surface area contributed by atoms with Crippen molar-refractivity contribution in [3.8, 4) is 6.07 Å². The summed E-state index contributed by atoms with van der Waals surface area (Å²) in [5.41, 5.74) is 1.05. The molecule has 1 aromatic heterocycles. The molecule has 1 aromatic rings. The molecular formula is C12H14N2OS. The monoisotopic (exact) mass is 234 g/mol. The number of thiophene rings is 1. The third-order valence-electron chi connectivity index (χ3n) is 3.02. The van der Waals surface area contributed by atoms with Crippen molar-refractivity contribution in [3.63, 3.8) is 0 Å². The standard InChI is InChI=1S/C12H14N2OS/c1-9-4-7-16-11(9)12(15)14-5-2-10(8-13)3-6-14/h4,7,10H,2-3,5-6H2,1H3. The second kappa shape index (κ2) is 4.67. The van der Waals surface area contributed by atoms with Crippen molar-refractivity contribution in [1.82, 2.24) is 4.90 Å². The van der Waals surface area contributed by atoms with Crippen LogP contribution in [0.4, 0.5) is 0 Å². The minimum absolute atomic E-state index is 0.129. The smallest absolute Gasteiger partial charge is 0.264 e. The van der Waals surface area contributed by atoms with Crippen LogP contribution in [0.25, 0.3) is 0 Å². The first-order valence-corrected chi connectivity index (χ1v) is 6.33. The number of carbonyl (C=O) groups is 1. The summed E-state index contributed by atoms with van der Waals surface area (Å²) in [5.74, 6) is 0.261. The topological polar surface area (TPSA) is 44.1 Å². The molecule has 0 N–H and O–H groups in total. The number of amides is 1. The van der Waals surface area contributed by atoms with Crippen LogP contribution in [0.2, 0.25) is 0 Å². The molecule has 0 spiro atoms. The number of hydrogen-bond acceptors (Lipinski definition) is 3. The van der Waals surface area contributed by atoms with Crippen LogP contribution in [0.3, 0.4) is 0 Å². The zero-order valence-corrected chi connectivity index (χ0v) is 10.1. The Balaban J connectivity index is 2.03. The highest BCUT2D eigenvalue weighted by molar-refractivity contribution is 7.12. The molecule has 1 fully saturated rings. The molecule has 1 saturated heterocycles. The second-order valence-electron chi connectivity index (χ2n) is 4.13. The largest absolute Gasteiger partial charge is 0.338 e. The number of piperidine rings is 1. The molecule has 3 nitrogen and oxygen atoms in total. The lowest BCUT2D eigenvalue weighted by Crippen LogP contribution is -2.38. The fourth-order valence-electron chi connectivity index (χ4n) is 1.95. The molecule has 0 aromatic carbocycles. The summed E-state index contributed by atoms with van der Waals surface area (Å²) < 4.78 is 0. The summed E-state index contributed by atoms with van der Waals surface area (Å²) in [4.78, 5) is 14.8. The van der Waals surface area contributed by atoms with Gasteiger partial charge in [-0.2, -0.15) is 5.26 Å². The van der Waals surface area contributed by atoms with Gasteiger partial charge in [-0.15, -0.1) is 11.3 Å². The molecule has 4 heteroatoms. The van der Waals surface area contributed by atoms with E-state index < -0.39 is 0 Å². The fraction of sp³-hybridized carbons (Fsp3) is 0.500. The van der Waals surface area contributed by atoms with Gasteiger partial charge in [-0.25, -0.2) is 0 Å². The van der Waals surface area contributed by atoms with Crippen molar-refractivity contribution in [2.24, 2.45) is 5.92 Å². The molecule has 0 atom stereocenters. The van der Waals surface area contributed by atoms with E-state index in [1.807, 2.05) is 23.3 Å². The van der Waals surface area contributed by atoms with Gasteiger partial charge in [0.25, 0.3) is 5.91 Å². The summed E-state index contributed by atoms with van der Waals surface area (Å²) in [5, 5.41) is 10.7. The predicted molar refractivity (Wildman–Crippen MR) is 63.3 cm³/mol. The quantitative estimate of drug-likeness (QED) is 0.749. The molecule has 0 radical (unpaired) electrons. The normalized spacial score (nSPS) is 17.1. The Morgan fingerprint density at radius 2 is 2.25 bits per heavy atom. The number of nitrogens with zero attached hydrogens (tertiary/aromatic N) is 2. The molecule has 0 bridgehead atoms. The van der Waals surface area contributed by atoms with Crippen molar-refractivity contribution in [3.05, 3.63) is 21.9 Å². The van der Waals surface area contributed by atoms with Gasteiger partial charge in [-0.3, -0.25) is 4.79 Å². The zero-order valence-electron chi connectivity index (χ0n) is 9.27. The van der Waals surface area contributed by atoms with E-state index in [2.05, 4.69) is 6.07 Å². The van der Waals surface area contributed by atoms with E-state index in [9.17, 15) is 4.79 Å². The fourth-order valence-corrected chi connectivity index (χ4v) is 2.84. The van der Waals surface area contributed by atoms with Gasteiger partial charge in [-0.1, -0.05) is 0 Å². The number of aryl methyl sites for hydroxylation is 1. The summed E-state index contributed by atoms with van der Waals surface area (Å²) in [6.07, 6.45) is 1.62.